The van der Waals surface area contributed by atoms with Gasteiger partial charge >= 0.3 is 0 Å². The Morgan fingerprint density at radius 2 is 2.25 bits per heavy atom. The molecular weight excluding hydrogens is 100 g/mol. The molecule has 1 saturated carbocycles. The summed E-state index contributed by atoms with van der Waals surface area (Å²) in [6.07, 6.45) is 2.75. The van der Waals surface area contributed by atoms with Gasteiger partial charge in [-0.05, 0) is 18.3 Å². The molecule has 1 nitrogen and oxygen atoms in total. The highest BCUT2D eigenvalue weighted by Crippen LogP contribution is 2.40. The van der Waals surface area contributed by atoms with Gasteiger partial charge in [-0.2, -0.15) is 0 Å². The smallest absolute Gasteiger partial charge is 0.0493 e. The second kappa shape index (κ2) is 2.49. The molecule has 0 amide bonds. The van der Waals surface area contributed by atoms with Crippen molar-refractivity contribution in [3.05, 3.63) is 0 Å². The lowest BCUT2D eigenvalue weighted by atomic mass is 10.3. The summed E-state index contributed by atoms with van der Waals surface area (Å²) in [5.41, 5.74) is 0. The average molecular weight is 114 g/mol. The molecule has 2 atom stereocenters. The second-order valence-electron chi connectivity index (χ2n) is 2.62. The predicted molar refractivity (Wildman–Crippen MR) is 33.8 cm³/mol. The summed E-state index contributed by atoms with van der Waals surface area (Å²) in [5.74, 6) is 1.90. The highest BCUT2D eigenvalue weighted by molar-refractivity contribution is 4.84. The lowest BCUT2D eigenvalue weighted by molar-refractivity contribution is 0.181. The molecule has 0 saturated heterocycles. The van der Waals surface area contributed by atoms with E-state index >= 15 is 0 Å². The van der Waals surface area contributed by atoms with Crippen molar-refractivity contribution in [3.63, 3.8) is 0 Å². The summed E-state index contributed by atoms with van der Waals surface area (Å²) in [6.45, 7) is 3.23. The first-order valence-corrected chi connectivity index (χ1v) is 3.37. The molecule has 1 aliphatic carbocycles. The van der Waals surface area contributed by atoms with Gasteiger partial charge in [0.15, 0.2) is 0 Å². The molecule has 1 rings (SSSR count). The fourth-order valence-electron chi connectivity index (χ4n) is 1.23. The predicted octanol–water partition coefficient (Wildman–Crippen LogP) is 1.68. The molecule has 0 aromatic rings. The van der Waals surface area contributed by atoms with Crippen LogP contribution in [0.2, 0.25) is 0 Å². The van der Waals surface area contributed by atoms with Crippen molar-refractivity contribution in [2.45, 2.75) is 19.8 Å². The van der Waals surface area contributed by atoms with Crippen LogP contribution in [0, 0.1) is 11.8 Å². The topological polar surface area (TPSA) is 9.23 Å². The van der Waals surface area contributed by atoms with Crippen LogP contribution >= 0.6 is 0 Å². The Labute approximate surface area is 51.0 Å². The van der Waals surface area contributed by atoms with Crippen molar-refractivity contribution in [2.24, 2.45) is 11.8 Å². The zero-order valence-electron chi connectivity index (χ0n) is 5.68. The Morgan fingerprint density at radius 3 is 2.62 bits per heavy atom. The number of rotatable bonds is 3. The number of hydrogen-bond acceptors (Lipinski definition) is 1. The first-order chi connectivity index (χ1) is 3.88. The summed E-state index contributed by atoms with van der Waals surface area (Å²) in [6, 6.07) is 0. The van der Waals surface area contributed by atoms with Crippen molar-refractivity contribution in [1.82, 2.24) is 0 Å². The van der Waals surface area contributed by atoms with Gasteiger partial charge in [-0.1, -0.05) is 13.3 Å². The molecule has 0 bridgehead atoms. The Morgan fingerprint density at radius 1 is 1.50 bits per heavy atom. The Bertz CT molecular complexity index is 70.8. The standard InChI is InChI=1S/C7H14O/c1-3-6-4-7(6)5-8-2/h6-7H,3-5H2,1-2H3/t6-,7+/m1/s1. The first-order valence-electron chi connectivity index (χ1n) is 3.37. The van der Waals surface area contributed by atoms with E-state index in [1.54, 1.807) is 7.11 Å². The van der Waals surface area contributed by atoms with Crippen molar-refractivity contribution >= 4 is 0 Å². The molecule has 48 valence electrons. The van der Waals surface area contributed by atoms with Crippen molar-refractivity contribution in [2.75, 3.05) is 13.7 Å². The van der Waals surface area contributed by atoms with Gasteiger partial charge in [0, 0.05) is 13.7 Å². The summed E-state index contributed by atoms with van der Waals surface area (Å²) in [4.78, 5) is 0. The third-order valence-corrected chi connectivity index (χ3v) is 1.97. The zero-order valence-corrected chi connectivity index (χ0v) is 5.68. The van der Waals surface area contributed by atoms with Gasteiger partial charge in [0.2, 0.25) is 0 Å². The van der Waals surface area contributed by atoms with E-state index in [1.807, 2.05) is 0 Å². The molecule has 0 spiro atoms. The molecule has 0 heterocycles. The summed E-state index contributed by atoms with van der Waals surface area (Å²) in [5, 5.41) is 0. The molecule has 0 unspecified atom stereocenters. The van der Waals surface area contributed by atoms with Gasteiger partial charge in [-0.25, -0.2) is 0 Å². The van der Waals surface area contributed by atoms with Crippen molar-refractivity contribution in [1.29, 1.82) is 0 Å². The maximum Gasteiger partial charge on any atom is 0.0493 e. The number of ether oxygens (including phenoxy) is 1. The molecule has 8 heavy (non-hydrogen) atoms. The third kappa shape index (κ3) is 1.22. The largest absolute Gasteiger partial charge is 0.384 e. The zero-order chi connectivity index (χ0) is 5.98. The highest BCUT2D eigenvalue weighted by atomic mass is 16.5. The molecule has 1 aliphatic rings. The van der Waals surface area contributed by atoms with E-state index in [4.69, 9.17) is 4.74 Å². The normalized spacial score (nSPS) is 35.2. The van der Waals surface area contributed by atoms with Crippen molar-refractivity contribution in [3.8, 4) is 0 Å². The van der Waals surface area contributed by atoms with Crippen LogP contribution < -0.4 is 0 Å². The van der Waals surface area contributed by atoms with Crippen LogP contribution in [0.4, 0.5) is 0 Å². The Balaban J connectivity index is 1.99. The lowest BCUT2D eigenvalue weighted by Gasteiger charge is -1.92. The van der Waals surface area contributed by atoms with E-state index < -0.39 is 0 Å². The Kier molecular flexibility index (Phi) is 1.90. The number of methoxy groups -OCH3 is 1. The van der Waals surface area contributed by atoms with E-state index in [2.05, 4.69) is 6.92 Å². The van der Waals surface area contributed by atoms with Crippen molar-refractivity contribution < 1.29 is 4.74 Å². The SMILES string of the molecule is CC[C@@H]1C[C@H]1COC. The van der Waals surface area contributed by atoms with Gasteiger partial charge in [-0.15, -0.1) is 0 Å². The summed E-state index contributed by atoms with van der Waals surface area (Å²) < 4.78 is 5.00. The van der Waals surface area contributed by atoms with Crippen LogP contribution in [0.1, 0.15) is 19.8 Å². The minimum absolute atomic E-state index is 0.907. The molecule has 0 N–H and O–H groups in total. The molecule has 1 fully saturated rings. The minimum Gasteiger partial charge on any atom is -0.384 e. The number of hydrogen-bond donors (Lipinski definition) is 0. The molecule has 1 heteroatoms. The van der Waals surface area contributed by atoms with Crippen LogP contribution in [0.5, 0.6) is 0 Å². The first kappa shape index (κ1) is 6.09. The van der Waals surface area contributed by atoms with Gasteiger partial charge in [0.25, 0.3) is 0 Å². The van der Waals surface area contributed by atoms with Crippen LogP contribution in [-0.2, 0) is 4.74 Å². The quantitative estimate of drug-likeness (QED) is 0.542. The molecule has 0 aromatic heterocycles. The fraction of sp³-hybridized carbons (Fsp3) is 1.00. The highest BCUT2D eigenvalue weighted by Gasteiger charge is 2.34. The second-order valence-corrected chi connectivity index (χ2v) is 2.62. The van der Waals surface area contributed by atoms with Gasteiger partial charge in [0.1, 0.15) is 0 Å². The van der Waals surface area contributed by atoms with E-state index in [9.17, 15) is 0 Å². The van der Waals surface area contributed by atoms with E-state index in [0.717, 1.165) is 18.4 Å². The lowest BCUT2D eigenvalue weighted by Crippen LogP contribution is -1.91. The van der Waals surface area contributed by atoms with Gasteiger partial charge in [0.05, 0.1) is 0 Å². The molecule has 0 radical (unpaired) electrons. The Hall–Kier alpha value is -0.0400. The molecule has 0 aromatic carbocycles. The third-order valence-electron chi connectivity index (χ3n) is 1.97. The maximum atomic E-state index is 5.00. The molecular formula is C7H14O. The summed E-state index contributed by atoms with van der Waals surface area (Å²) in [7, 11) is 1.78. The minimum atomic E-state index is 0.907. The fourth-order valence-corrected chi connectivity index (χ4v) is 1.23. The van der Waals surface area contributed by atoms with Crippen LogP contribution in [0.3, 0.4) is 0 Å². The molecule has 0 aliphatic heterocycles. The monoisotopic (exact) mass is 114 g/mol. The van der Waals surface area contributed by atoms with Gasteiger partial charge < -0.3 is 4.74 Å². The van der Waals surface area contributed by atoms with E-state index in [-0.39, 0.29) is 0 Å². The van der Waals surface area contributed by atoms with Crippen LogP contribution in [0.25, 0.3) is 0 Å². The average Bonchev–Trinajstić information content (AvgIpc) is 2.48. The van der Waals surface area contributed by atoms with Crippen LogP contribution in [-0.4, -0.2) is 13.7 Å². The van der Waals surface area contributed by atoms with E-state index in [1.165, 1.54) is 12.8 Å². The van der Waals surface area contributed by atoms with Crippen LogP contribution in [0.15, 0.2) is 0 Å². The maximum absolute atomic E-state index is 5.00. The summed E-state index contributed by atoms with van der Waals surface area (Å²) >= 11 is 0. The van der Waals surface area contributed by atoms with Gasteiger partial charge in [-0.3, -0.25) is 0 Å². The van der Waals surface area contributed by atoms with E-state index in [0.29, 0.717) is 0 Å².